The van der Waals surface area contributed by atoms with Gasteiger partial charge < -0.3 is 14.5 Å². The van der Waals surface area contributed by atoms with Crippen molar-refractivity contribution in [1.29, 1.82) is 0 Å². The maximum Gasteiger partial charge on any atom is 0.227 e. The van der Waals surface area contributed by atoms with E-state index in [9.17, 15) is 9.18 Å². The van der Waals surface area contributed by atoms with E-state index in [2.05, 4.69) is 39.8 Å². The van der Waals surface area contributed by atoms with Crippen LogP contribution in [0.3, 0.4) is 0 Å². The van der Waals surface area contributed by atoms with Crippen molar-refractivity contribution < 1.29 is 13.9 Å². The summed E-state index contributed by atoms with van der Waals surface area (Å²) in [5.41, 5.74) is 3.33. The molecule has 1 unspecified atom stereocenters. The third kappa shape index (κ3) is 5.49. The molecule has 2 aliphatic rings. The zero-order valence-electron chi connectivity index (χ0n) is 19.9. The molecule has 5 nitrogen and oxygen atoms in total. The number of carbonyl (C=O) groups is 1. The topological polar surface area (TPSA) is 36.0 Å². The normalized spacial score (nSPS) is 18.8. The van der Waals surface area contributed by atoms with Gasteiger partial charge in [-0.3, -0.25) is 9.69 Å². The number of hydrogen-bond donors (Lipinski definition) is 0. The molecule has 0 aliphatic carbocycles. The fraction of sp³-hybridized carbons (Fsp3) is 0.519. The molecule has 6 heteroatoms. The molecule has 1 fully saturated rings. The number of fused-ring (bicyclic) bond motifs is 1. The molecule has 33 heavy (non-hydrogen) atoms. The molecule has 0 radical (unpaired) electrons. The van der Waals surface area contributed by atoms with Gasteiger partial charge >= 0.3 is 0 Å². The first-order chi connectivity index (χ1) is 16.1. The van der Waals surface area contributed by atoms with E-state index in [1.165, 1.54) is 17.7 Å². The van der Waals surface area contributed by atoms with Crippen molar-refractivity contribution in [3.63, 3.8) is 0 Å². The third-order valence-electron chi connectivity index (χ3n) is 6.95. The molecule has 178 valence electrons. The van der Waals surface area contributed by atoms with Crippen molar-refractivity contribution in [1.82, 2.24) is 4.90 Å². The molecule has 1 amide bonds. The van der Waals surface area contributed by atoms with E-state index in [1.807, 2.05) is 6.07 Å². The van der Waals surface area contributed by atoms with E-state index in [4.69, 9.17) is 4.74 Å². The Labute approximate surface area is 197 Å². The van der Waals surface area contributed by atoms with E-state index < -0.39 is 0 Å². The minimum atomic E-state index is -0.282. The first-order valence-corrected chi connectivity index (χ1v) is 12.3. The number of halogens is 1. The van der Waals surface area contributed by atoms with Gasteiger partial charge in [-0.05, 0) is 43.0 Å². The summed E-state index contributed by atoms with van der Waals surface area (Å²) < 4.78 is 19.0. The number of aryl methyl sites for hydroxylation is 1. The lowest BCUT2D eigenvalue weighted by molar-refractivity contribution is -0.119. The van der Waals surface area contributed by atoms with Crippen LogP contribution in [-0.4, -0.2) is 56.7 Å². The molecule has 4 rings (SSSR count). The maximum absolute atomic E-state index is 13.6. The average molecular weight is 454 g/mol. The zero-order chi connectivity index (χ0) is 23.2. The number of nitrogens with zero attached hydrogens (tertiary/aromatic N) is 3. The van der Waals surface area contributed by atoms with E-state index in [0.29, 0.717) is 12.2 Å². The lowest BCUT2D eigenvalue weighted by Gasteiger charge is -2.42. The summed E-state index contributed by atoms with van der Waals surface area (Å²) in [6.07, 6.45) is 5.82. The first-order valence-electron chi connectivity index (χ1n) is 12.3. The number of methoxy groups -OCH3 is 1. The van der Waals surface area contributed by atoms with E-state index >= 15 is 0 Å². The number of para-hydroxylation sites is 1. The van der Waals surface area contributed by atoms with Crippen molar-refractivity contribution in [2.45, 2.75) is 51.5 Å². The van der Waals surface area contributed by atoms with Crippen molar-refractivity contribution in [2.24, 2.45) is 0 Å². The van der Waals surface area contributed by atoms with Crippen LogP contribution in [0.4, 0.5) is 15.8 Å². The molecule has 2 aromatic rings. The number of rotatable bonds is 8. The molecule has 2 aliphatic heterocycles. The molecular formula is C27H36FN3O2. The van der Waals surface area contributed by atoms with Crippen LogP contribution in [0.1, 0.15) is 44.6 Å². The summed E-state index contributed by atoms with van der Waals surface area (Å²) >= 11 is 0. The molecule has 1 atom stereocenters. The second-order valence-corrected chi connectivity index (χ2v) is 9.15. The number of carbonyl (C=O) groups excluding carboxylic acids is 1. The van der Waals surface area contributed by atoms with Crippen LogP contribution in [0, 0.1) is 5.82 Å². The fourth-order valence-corrected chi connectivity index (χ4v) is 5.14. The Bertz CT molecular complexity index is 943. The van der Waals surface area contributed by atoms with Crippen molar-refractivity contribution in [2.75, 3.05) is 49.6 Å². The van der Waals surface area contributed by atoms with Gasteiger partial charge in [0.2, 0.25) is 5.91 Å². The van der Waals surface area contributed by atoms with Crippen LogP contribution in [0.25, 0.3) is 0 Å². The van der Waals surface area contributed by atoms with Gasteiger partial charge in [-0.1, -0.05) is 38.0 Å². The maximum atomic E-state index is 13.6. The summed E-state index contributed by atoms with van der Waals surface area (Å²) in [5, 5.41) is 0. The highest BCUT2D eigenvalue weighted by Gasteiger charge is 2.32. The molecule has 0 aromatic heterocycles. The lowest BCUT2D eigenvalue weighted by Crippen LogP contribution is -2.54. The summed E-state index contributed by atoms with van der Waals surface area (Å²) in [4.78, 5) is 20.1. The van der Waals surface area contributed by atoms with Gasteiger partial charge in [0.1, 0.15) is 11.6 Å². The minimum absolute atomic E-state index is 0.209. The molecule has 0 N–H and O–H groups in total. The number of anilines is 2. The Morgan fingerprint density at radius 3 is 2.61 bits per heavy atom. The summed E-state index contributed by atoms with van der Waals surface area (Å²) in [6.45, 7) is 6.60. The van der Waals surface area contributed by atoms with Crippen LogP contribution >= 0.6 is 0 Å². The van der Waals surface area contributed by atoms with E-state index in [0.717, 1.165) is 76.2 Å². The molecule has 0 bridgehead atoms. The molecule has 1 saturated heterocycles. The molecule has 0 spiro atoms. The second kappa shape index (κ2) is 11.0. The van der Waals surface area contributed by atoms with Crippen LogP contribution < -0.4 is 14.5 Å². The van der Waals surface area contributed by atoms with Gasteiger partial charge in [0.25, 0.3) is 0 Å². The van der Waals surface area contributed by atoms with Crippen LogP contribution in [0.2, 0.25) is 0 Å². The number of unbranched alkanes of at least 4 members (excludes halogenated alkanes) is 2. The fourth-order valence-electron chi connectivity index (χ4n) is 5.14. The first kappa shape index (κ1) is 23.6. The van der Waals surface area contributed by atoms with Crippen LogP contribution in [0.5, 0.6) is 5.75 Å². The van der Waals surface area contributed by atoms with Gasteiger partial charge in [0.15, 0.2) is 0 Å². The number of ether oxygens (including phenoxy) is 1. The standard InChI is InChI=1S/C27H36FN3O2/c1-3-4-5-10-27(32)31-23(13-11-21-8-6-7-9-24(21)31)20-29-15-17-30(18-16-29)25-14-12-22(28)19-26(25)33-2/h6-9,12,14,19,23H,3-5,10-11,13,15-18,20H2,1-2H3. The second-order valence-electron chi connectivity index (χ2n) is 9.15. The summed E-state index contributed by atoms with van der Waals surface area (Å²) in [7, 11) is 1.58. The van der Waals surface area contributed by atoms with Gasteiger partial charge in [-0.25, -0.2) is 4.39 Å². The predicted octanol–water partition coefficient (Wildman–Crippen LogP) is 4.88. The predicted molar refractivity (Wildman–Crippen MR) is 132 cm³/mol. The molecular weight excluding hydrogens is 417 g/mol. The van der Waals surface area contributed by atoms with Gasteiger partial charge in [-0.2, -0.15) is 0 Å². The summed E-state index contributed by atoms with van der Waals surface area (Å²) in [6, 6.07) is 13.3. The van der Waals surface area contributed by atoms with E-state index in [-0.39, 0.29) is 17.8 Å². The minimum Gasteiger partial charge on any atom is -0.494 e. The molecule has 2 aromatic carbocycles. The van der Waals surface area contributed by atoms with Gasteiger partial charge in [0.05, 0.1) is 12.8 Å². The highest BCUT2D eigenvalue weighted by molar-refractivity contribution is 5.95. The Morgan fingerprint density at radius 2 is 1.85 bits per heavy atom. The Morgan fingerprint density at radius 1 is 1.06 bits per heavy atom. The number of amides is 1. The van der Waals surface area contributed by atoms with Crippen LogP contribution in [0.15, 0.2) is 42.5 Å². The Kier molecular flexibility index (Phi) is 7.86. The zero-order valence-corrected chi connectivity index (χ0v) is 19.9. The number of benzene rings is 2. The quantitative estimate of drug-likeness (QED) is 0.534. The van der Waals surface area contributed by atoms with Crippen molar-refractivity contribution in [3.05, 3.63) is 53.8 Å². The monoisotopic (exact) mass is 453 g/mol. The smallest absolute Gasteiger partial charge is 0.227 e. The molecule has 2 heterocycles. The van der Waals surface area contributed by atoms with Crippen molar-refractivity contribution in [3.8, 4) is 5.75 Å². The van der Waals surface area contributed by atoms with Crippen LogP contribution in [-0.2, 0) is 11.2 Å². The number of piperazine rings is 1. The number of hydrogen-bond acceptors (Lipinski definition) is 4. The SMILES string of the molecule is CCCCCC(=O)N1c2ccccc2CCC1CN1CCN(c2ccc(F)cc2OC)CC1. The Balaban J connectivity index is 1.42. The largest absolute Gasteiger partial charge is 0.494 e. The highest BCUT2D eigenvalue weighted by Crippen LogP contribution is 2.33. The Hall–Kier alpha value is -2.60. The summed E-state index contributed by atoms with van der Waals surface area (Å²) in [5.74, 6) is 0.557. The highest BCUT2D eigenvalue weighted by atomic mass is 19.1. The molecule has 0 saturated carbocycles. The third-order valence-corrected chi connectivity index (χ3v) is 6.95. The van der Waals surface area contributed by atoms with Gasteiger partial charge in [0, 0.05) is 56.9 Å². The average Bonchev–Trinajstić information content (AvgIpc) is 2.84. The van der Waals surface area contributed by atoms with Gasteiger partial charge in [-0.15, -0.1) is 0 Å². The lowest BCUT2D eigenvalue weighted by atomic mass is 9.94. The van der Waals surface area contributed by atoms with E-state index in [1.54, 1.807) is 13.2 Å². The van der Waals surface area contributed by atoms with Crippen molar-refractivity contribution >= 4 is 17.3 Å².